The van der Waals surface area contributed by atoms with Crippen molar-refractivity contribution in [1.82, 2.24) is 10.3 Å². The largest absolute Gasteiger partial charge is 0.348 e. The lowest BCUT2D eigenvalue weighted by Crippen LogP contribution is -2.23. The number of carbonyl (C=O) groups excluding carboxylic acids is 2. The van der Waals surface area contributed by atoms with E-state index in [1.54, 1.807) is 18.3 Å². The van der Waals surface area contributed by atoms with Crippen LogP contribution in [0.25, 0.3) is 0 Å². The van der Waals surface area contributed by atoms with Crippen LogP contribution in [-0.4, -0.2) is 16.8 Å². The van der Waals surface area contributed by atoms with Gasteiger partial charge in [-0.05, 0) is 35.7 Å². The molecule has 3 rings (SSSR count). The van der Waals surface area contributed by atoms with E-state index in [4.69, 9.17) is 0 Å². The van der Waals surface area contributed by atoms with Crippen molar-refractivity contribution in [2.24, 2.45) is 0 Å². The summed E-state index contributed by atoms with van der Waals surface area (Å²) in [5.74, 6) is -0.0887. The van der Waals surface area contributed by atoms with Crippen LogP contribution in [0.2, 0.25) is 0 Å². The van der Waals surface area contributed by atoms with E-state index in [-0.39, 0.29) is 11.8 Å². The monoisotopic (exact) mass is 281 g/mol. The van der Waals surface area contributed by atoms with Gasteiger partial charge in [-0.2, -0.15) is 0 Å². The summed E-state index contributed by atoms with van der Waals surface area (Å²) in [5, 5.41) is 5.71. The molecule has 2 aromatic rings. The molecule has 5 heteroatoms. The summed E-state index contributed by atoms with van der Waals surface area (Å²) < 4.78 is 0. The van der Waals surface area contributed by atoms with E-state index in [0.29, 0.717) is 18.5 Å². The number of hydrogen-bond donors (Lipinski definition) is 2. The third kappa shape index (κ3) is 3.08. The molecule has 21 heavy (non-hydrogen) atoms. The number of hydrogen-bond acceptors (Lipinski definition) is 3. The van der Waals surface area contributed by atoms with E-state index in [9.17, 15) is 9.59 Å². The molecule has 106 valence electrons. The Morgan fingerprint density at radius 1 is 1.29 bits per heavy atom. The van der Waals surface area contributed by atoms with Crippen LogP contribution in [0.4, 0.5) is 5.69 Å². The van der Waals surface area contributed by atoms with Gasteiger partial charge in [-0.3, -0.25) is 14.6 Å². The Bertz CT molecular complexity index is 683. The molecular weight excluding hydrogens is 266 g/mol. The minimum Gasteiger partial charge on any atom is -0.348 e. The Morgan fingerprint density at radius 2 is 2.19 bits per heavy atom. The number of aromatic nitrogens is 1. The van der Waals surface area contributed by atoms with Gasteiger partial charge in [0.2, 0.25) is 5.91 Å². The topological polar surface area (TPSA) is 71.1 Å². The highest BCUT2D eigenvalue weighted by atomic mass is 16.2. The third-order valence-electron chi connectivity index (χ3n) is 3.44. The second-order valence-electron chi connectivity index (χ2n) is 4.96. The number of pyridine rings is 1. The number of nitrogens with zero attached hydrogens (tertiary/aromatic N) is 1. The summed E-state index contributed by atoms with van der Waals surface area (Å²) >= 11 is 0. The minimum atomic E-state index is -0.144. The molecule has 0 saturated carbocycles. The van der Waals surface area contributed by atoms with Crippen molar-refractivity contribution in [3.8, 4) is 0 Å². The lowest BCUT2D eigenvalue weighted by atomic mass is 10.0. The minimum absolute atomic E-state index is 0.0557. The maximum atomic E-state index is 11.9. The van der Waals surface area contributed by atoms with Gasteiger partial charge in [0.15, 0.2) is 0 Å². The molecule has 2 N–H and O–H groups in total. The first kappa shape index (κ1) is 13.3. The highest BCUT2D eigenvalue weighted by molar-refractivity contribution is 5.94. The Morgan fingerprint density at radius 3 is 3.00 bits per heavy atom. The van der Waals surface area contributed by atoms with Crippen LogP contribution in [0.3, 0.4) is 0 Å². The van der Waals surface area contributed by atoms with Gasteiger partial charge in [-0.15, -0.1) is 0 Å². The zero-order valence-electron chi connectivity index (χ0n) is 11.4. The van der Waals surface area contributed by atoms with Crippen LogP contribution in [0.5, 0.6) is 0 Å². The van der Waals surface area contributed by atoms with Crippen molar-refractivity contribution in [2.75, 3.05) is 5.32 Å². The predicted molar refractivity (Wildman–Crippen MR) is 78.8 cm³/mol. The Kier molecular flexibility index (Phi) is 3.64. The molecule has 0 bridgehead atoms. The molecular formula is C16H15N3O2. The molecule has 5 nitrogen and oxygen atoms in total. The van der Waals surface area contributed by atoms with Crippen molar-refractivity contribution in [3.63, 3.8) is 0 Å². The molecule has 2 amide bonds. The van der Waals surface area contributed by atoms with Crippen LogP contribution in [-0.2, 0) is 17.8 Å². The molecule has 0 aliphatic carbocycles. The molecule has 1 aromatic carbocycles. The van der Waals surface area contributed by atoms with Crippen molar-refractivity contribution in [3.05, 3.63) is 59.4 Å². The molecule has 1 aliphatic heterocycles. The standard InChI is InChI=1S/C16H15N3O2/c20-15-6-4-12-8-11(3-5-14(12)19-15)9-18-16(21)13-2-1-7-17-10-13/h1-3,5,7-8,10H,4,6,9H2,(H,18,21)(H,19,20). The zero-order valence-corrected chi connectivity index (χ0v) is 11.4. The second kappa shape index (κ2) is 5.75. The van der Waals surface area contributed by atoms with Gasteiger partial charge in [0.05, 0.1) is 5.56 Å². The number of benzene rings is 1. The number of carbonyl (C=O) groups is 2. The van der Waals surface area contributed by atoms with Crippen LogP contribution in [0.15, 0.2) is 42.7 Å². The quantitative estimate of drug-likeness (QED) is 0.902. The molecule has 0 fully saturated rings. The zero-order chi connectivity index (χ0) is 14.7. The van der Waals surface area contributed by atoms with Crippen LogP contribution in [0.1, 0.15) is 27.9 Å². The highest BCUT2D eigenvalue weighted by Crippen LogP contribution is 2.23. The molecule has 0 atom stereocenters. The fourth-order valence-electron chi connectivity index (χ4n) is 2.33. The van der Waals surface area contributed by atoms with Crippen LogP contribution < -0.4 is 10.6 Å². The first-order valence-corrected chi connectivity index (χ1v) is 6.82. The predicted octanol–water partition coefficient (Wildman–Crippen LogP) is 1.90. The molecule has 2 heterocycles. The number of aryl methyl sites for hydroxylation is 1. The molecule has 1 aliphatic rings. The summed E-state index contributed by atoms with van der Waals surface area (Å²) in [5.41, 5.74) is 3.54. The molecule has 0 saturated heterocycles. The van der Waals surface area contributed by atoms with Gasteiger partial charge < -0.3 is 10.6 Å². The van der Waals surface area contributed by atoms with Crippen molar-refractivity contribution >= 4 is 17.5 Å². The second-order valence-corrected chi connectivity index (χ2v) is 4.96. The Balaban J connectivity index is 1.66. The van der Waals surface area contributed by atoms with E-state index in [0.717, 1.165) is 23.2 Å². The summed E-state index contributed by atoms with van der Waals surface area (Å²) in [4.78, 5) is 27.2. The fourth-order valence-corrected chi connectivity index (χ4v) is 2.33. The van der Waals surface area contributed by atoms with Gasteiger partial charge in [0.1, 0.15) is 0 Å². The van der Waals surface area contributed by atoms with E-state index in [2.05, 4.69) is 15.6 Å². The van der Waals surface area contributed by atoms with Gasteiger partial charge in [0.25, 0.3) is 5.91 Å². The van der Waals surface area contributed by atoms with Crippen molar-refractivity contribution in [1.29, 1.82) is 0 Å². The Labute approximate surface area is 122 Å². The number of anilines is 1. The van der Waals surface area contributed by atoms with Gasteiger partial charge >= 0.3 is 0 Å². The average Bonchev–Trinajstić information content (AvgIpc) is 2.53. The van der Waals surface area contributed by atoms with Crippen LogP contribution >= 0.6 is 0 Å². The maximum Gasteiger partial charge on any atom is 0.253 e. The molecule has 0 unspecified atom stereocenters. The van der Waals surface area contributed by atoms with Gasteiger partial charge in [0, 0.05) is 31.0 Å². The number of fused-ring (bicyclic) bond motifs is 1. The van der Waals surface area contributed by atoms with Gasteiger partial charge in [-0.1, -0.05) is 12.1 Å². The first-order chi connectivity index (χ1) is 10.2. The molecule has 0 radical (unpaired) electrons. The Hall–Kier alpha value is -2.69. The van der Waals surface area contributed by atoms with Crippen molar-refractivity contribution in [2.45, 2.75) is 19.4 Å². The first-order valence-electron chi connectivity index (χ1n) is 6.82. The lowest BCUT2D eigenvalue weighted by molar-refractivity contribution is -0.116. The van der Waals surface area contributed by atoms with E-state index < -0.39 is 0 Å². The number of nitrogens with one attached hydrogen (secondary N) is 2. The van der Waals surface area contributed by atoms with Crippen molar-refractivity contribution < 1.29 is 9.59 Å². The summed E-state index contributed by atoms with van der Waals surface area (Å²) in [6.07, 6.45) is 4.43. The van der Waals surface area contributed by atoms with E-state index >= 15 is 0 Å². The number of rotatable bonds is 3. The smallest absolute Gasteiger partial charge is 0.253 e. The molecule has 0 spiro atoms. The summed E-state index contributed by atoms with van der Waals surface area (Å²) in [6, 6.07) is 9.28. The summed E-state index contributed by atoms with van der Waals surface area (Å²) in [6.45, 7) is 0.453. The third-order valence-corrected chi connectivity index (χ3v) is 3.44. The SMILES string of the molecule is O=C1CCc2cc(CNC(=O)c3cccnc3)ccc2N1. The normalized spacial score (nSPS) is 13.2. The number of amides is 2. The average molecular weight is 281 g/mol. The van der Waals surface area contributed by atoms with Gasteiger partial charge in [-0.25, -0.2) is 0 Å². The van der Waals surface area contributed by atoms with E-state index in [1.807, 2.05) is 18.2 Å². The van der Waals surface area contributed by atoms with E-state index in [1.165, 1.54) is 6.20 Å². The lowest BCUT2D eigenvalue weighted by Gasteiger charge is -2.17. The summed E-state index contributed by atoms with van der Waals surface area (Å²) in [7, 11) is 0. The highest BCUT2D eigenvalue weighted by Gasteiger charge is 2.14. The van der Waals surface area contributed by atoms with Crippen LogP contribution in [0, 0.1) is 0 Å². The molecule has 1 aromatic heterocycles. The maximum absolute atomic E-state index is 11.9. The fraction of sp³-hybridized carbons (Fsp3) is 0.188.